The molecule has 2 saturated heterocycles. The van der Waals surface area contributed by atoms with E-state index in [9.17, 15) is 32.9 Å². The monoisotopic (exact) mass is 1340 g/mol. The largest absolute Gasteiger partial charge is 0.472 e. The number of phosphoric acid groups is 2. The van der Waals surface area contributed by atoms with E-state index in [2.05, 4.69) is 60.3 Å². The number of rotatable bonds is 19. The van der Waals surface area contributed by atoms with Crippen molar-refractivity contribution in [2.45, 2.75) is 142 Å². The molecular weight excluding hydrogens is 1270 g/mol. The molecule has 504 valence electrons. The molecule has 8 N–H and O–H groups in total. The standard InChI is InChI=1S/C35H46FN8O9P.C25H30FN8O5P/c1-10-49-54(47,48)53-18(2)28-37-15-22(16-38-28)50-31-41-29-26(23-12-20(36)13-25(27(23)40-29)43(9)33(46)52-35(6,7)8)30(42-31)44-17-19-11-21(44)14-24(19)39-32(45)51-34(3,4)5;1-4-37-40(35,36)39-12(2)22-29-9-16(10-30-22)38-25-32-23-20(17-6-14(26)7-19(28-3)21(17)31-23)24(33-25)34-11-13-5-15(34)8-18(13)27/h12-13,15-16,18-19,21,24H,10-11,14,17H2,1-9H3,(H,39,45)(H,47,48)(H,40,41,42);6-7,9-10,12-13,15,18,28H,4-5,8,11,27H2,1-3H3,(H,35,36)(H,31,32,33)/t18-,19-,21-,24-;12-,13-,15-,18-/m11/s1. The molecule has 8 heterocycles. The Morgan fingerprint density at radius 2 is 1.17 bits per heavy atom. The molecule has 10 atom stereocenters. The second-order valence-corrected chi connectivity index (χ2v) is 28.2. The second-order valence-electron chi connectivity index (χ2n) is 25.4. The lowest BCUT2D eigenvalue weighted by molar-refractivity contribution is 0.0489. The molecule has 4 fully saturated rings. The molecule has 2 saturated carbocycles. The number of halogens is 2. The summed E-state index contributed by atoms with van der Waals surface area (Å²) in [4.78, 5) is 93.1. The number of nitrogens with two attached hydrogens (primary N) is 1. The summed E-state index contributed by atoms with van der Waals surface area (Å²) in [6.45, 7) is 18.1. The number of alkyl carbamates (subject to hydrolysis) is 1. The molecule has 34 heteroatoms. The highest BCUT2D eigenvalue weighted by Crippen LogP contribution is 2.50. The molecule has 4 aliphatic rings. The highest BCUT2D eigenvalue weighted by atomic mass is 31.2. The number of piperidine rings is 2. The normalized spacial score (nSPS) is 21.2. The molecule has 6 aromatic heterocycles. The molecule has 94 heavy (non-hydrogen) atoms. The highest BCUT2D eigenvalue weighted by molar-refractivity contribution is 7.47. The van der Waals surface area contributed by atoms with Crippen LogP contribution in [0.15, 0.2) is 49.1 Å². The summed E-state index contributed by atoms with van der Waals surface area (Å²) >= 11 is 0. The molecule has 2 aliphatic carbocycles. The van der Waals surface area contributed by atoms with E-state index < -0.39 is 57.1 Å². The molecule has 2 amide bonds. The van der Waals surface area contributed by atoms with Crippen molar-refractivity contribution in [2.75, 3.05) is 60.4 Å². The SMILES string of the molecule is CCOP(=O)(O)O[C@H](C)c1ncc(Oc2nc(N3C[C@H]4C[C@@H]3C[C@H]4N)c3c(n2)[nH]c2c(NC)cc(F)cc23)cn1.CCOP(=O)(O)O[C@H](C)c1ncc(Oc2nc(N3C[C@H]4C[C@@H]3C[C@H]4NC(=O)OC(C)(C)C)c3c(n2)[nH]c2c(N(C)C(=O)OC(C)(C)C)cc(F)cc23)cn1. The van der Waals surface area contributed by atoms with Gasteiger partial charge in [-0.3, -0.25) is 23.0 Å². The number of benzene rings is 2. The zero-order chi connectivity index (χ0) is 67.5. The van der Waals surface area contributed by atoms with Crippen molar-refractivity contribution >= 4 is 94.7 Å². The van der Waals surface area contributed by atoms with Gasteiger partial charge in [0, 0.05) is 62.1 Å². The average Bonchev–Trinajstić information content (AvgIpc) is 1.58. The van der Waals surface area contributed by atoms with Gasteiger partial charge in [0.25, 0.3) is 0 Å². The fourth-order valence-electron chi connectivity index (χ4n) is 12.4. The zero-order valence-electron chi connectivity index (χ0n) is 53.8. The number of aromatic nitrogens is 10. The first-order valence-electron chi connectivity index (χ1n) is 30.7. The lowest BCUT2D eigenvalue weighted by Gasteiger charge is -2.33. The Hall–Kier alpha value is -8.06. The van der Waals surface area contributed by atoms with E-state index in [1.807, 2.05) is 20.8 Å². The van der Waals surface area contributed by atoms with Gasteiger partial charge in [-0.15, -0.1) is 0 Å². The summed E-state index contributed by atoms with van der Waals surface area (Å²) in [6, 6.07) is 5.72. The number of nitrogens with one attached hydrogen (secondary N) is 4. The Bertz CT molecular complexity index is 4250. The number of hydrogen-bond donors (Lipinski definition) is 7. The second kappa shape index (κ2) is 26.3. The molecule has 12 rings (SSSR count). The number of hydrogen-bond acceptors (Lipinski definition) is 24. The number of nitrogens with zero attached hydrogens (tertiary/aromatic N) is 11. The van der Waals surface area contributed by atoms with E-state index in [-0.39, 0.29) is 90.0 Å². The first kappa shape index (κ1) is 67.4. The zero-order valence-corrected chi connectivity index (χ0v) is 55.6. The molecule has 0 radical (unpaired) electrons. The Kier molecular flexibility index (Phi) is 18.8. The number of ether oxygens (including phenoxy) is 4. The van der Waals surface area contributed by atoms with Gasteiger partial charge in [-0.1, -0.05) is 0 Å². The van der Waals surface area contributed by atoms with Gasteiger partial charge in [0.1, 0.15) is 58.0 Å². The van der Waals surface area contributed by atoms with Crippen molar-refractivity contribution in [2.24, 2.45) is 17.6 Å². The van der Waals surface area contributed by atoms with Crippen LogP contribution in [-0.4, -0.2) is 148 Å². The number of carbonyl (C=O) groups excluding carboxylic acids is 2. The molecule has 30 nitrogen and oxygen atoms in total. The van der Waals surface area contributed by atoms with Crippen molar-refractivity contribution < 1.29 is 74.3 Å². The minimum atomic E-state index is -4.30. The number of amides is 2. The predicted molar refractivity (Wildman–Crippen MR) is 342 cm³/mol. The van der Waals surface area contributed by atoms with Crippen LogP contribution in [0.2, 0.25) is 0 Å². The summed E-state index contributed by atoms with van der Waals surface area (Å²) in [5.74, 6) is 1.28. The molecule has 8 aromatic rings. The van der Waals surface area contributed by atoms with Crippen LogP contribution in [0.25, 0.3) is 43.9 Å². The van der Waals surface area contributed by atoms with Gasteiger partial charge in [-0.2, -0.15) is 19.9 Å². The third kappa shape index (κ3) is 14.7. The topological polar surface area (TPSA) is 377 Å². The van der Waals surface area contributed by atoms with Crippen LogP contribution in [-0.2, 0) is 36.7 Å². The number of phosphoric ester groups is 2. The third-order valence-electron chi connectivity index (χ3n) is 16.2. The van der Waals surface area contributed by atoms with Gasteiger partial charge in [0.15, 0.2) is 23.1 Å². The summed E-state index contributed by atoms with van der Waals surface area (Å²) in [5, 5.41) is 8.39. The van der Waals surface area contributed by atoms with Crippen LogP contribution >= 0.6 is 15.6 Å². The quantitative estimate of drug-likeness (QED) is 0.0370. The molecular formula is C60H76F2N16O14P2. The number of H-pyrrole nitrogens is 2. The third-order valence-corrected chi connectivity index (χ3v) is 18.6. The van der Waals surface area contributed by atoms with Crippen molar-refractivity contribution in [3.05, 3.63) is 72.3 Å². The number of aromatic amines is 2. The first-order valence-corrected chi connectivity index (χ1v) is 33.6. The van der Waals surface area contributed by atoms with Gasteiger partial charge in [-0.25, -0.2) is 47.4 Å². The van der Waals surface area contributed by atoms with Crippen molar-refractivity contribution in [1.82, 2.24) is 55.2 Å². The summed E-state index contributed by atoms with van der Waals surface area (Å²) in [7, 11) is -5.30. The minimum absolute atomic E-state index is 0.0179. The van der Waals surface area contributed by atoms with Crippen molar-refractivity contribution in [3.63, 3.8) is 0 Å². The lowest BCUT2D eigenvalue weighted by atomic mass is 10.0. The van der Waals surface area contributed by atoms with E-state index in [1.54, 1.807) is 41.7 Å². The Balaban J connectivity index is 0.000000200. The van der Waals surface area contributed by atoms with Gasteiger partial charge in [0.05, 0.1) is 71.2 Å². The van der Waals surface area contributed by atoms with Crippen LogP contribution in [0, 0.1) is 23.5 Å². The molecule has 4 bridgehead atoms. The number of fused-ring (bicyclic) bond motifs is 10. The number of carbonyl (C=O) groups is 2. The van der Waals surface area contributed by atoms with Gasteiger partial charge >= 0.3 is 39.9 Å². The molecule has 0 spiro atoms. The van der Waals surface area contributed by atoms with Crippen LogP contribution in [0.5, 0.6) is 23.5 Å². The highest BCUT2D eigenvalue weighted by Gasteiger charge is 2.48. The average molecular weight is 1350 g/mol. The van der Waals surface area contributed by atoms with Crippen molar-refractivity contribution in [1.29, 1.82) is 0 Å². The summed E-state index contributed by atoms with van der Waals surface area (Å²) in [6.07, 6.45) is 5.67. The Morgan fingerprint density at radius 1 is 0.702 bits per heavy atom. The minimum Gasteiger partial charge on any atom is -0.444 e. The summed E-state index contributed by atoms with van der Waals surface area (Å²) < 4.78 is 96.8. The number of anilines is 4. The van der Waals surface area contributed by atoms with Gasteiger partial charge < -0.3 is 64.9 Å². The maximum Gasteiger partial charge on any atom is 0.472 e. The maximum absolute atomic E-state index is 15.4. The van der Waals surface area contributed by atoms with E-state index in [4.69, 9.17) is 52.7 Å². The predicted octanol–water partition coefficient (Wildman–Crippen LogP) is 10.9. The van der Waals surface area contributed by atoms with Gasteiger partial charge in [0.2, 0.25) is 0 Å². The fourth-order valence-corrected chi connectivity index (χ4v) is 14.2. The van der Waals surface area contributed by atoms with E-state index in [1.165, 1.54) is 74.8 Å². The van der Waals surface area contributed by atoms with Crippen LogP contribution in [0.1, 0.15) is 119 Å². The van der Waals surface area contributed by atoms with Gasteiger partial charge in [-0.05, 0) is 131 Å². The molecule has 2 aliphatic heterocycles. The van der Waals surface area contributed by atoms with E-state index in [0.29, 0.717) is 80.1 Å². The lowest BCUT2D eigenvalue weighted by Crippen LogP contribution is -2.47. The van der Waals surface area contributed by atoms with E-state index in [0.717, 1.165) is 25.8 Å². The summed E-state index contributed by atoms with van der Waals surface area (Å²) in [5.41, 5.74) is 7.67. The van der Waals surface area contributed by atoms with Crippen molar-refractivity contribution in [3.8, 4) is 23.5 Å². The fraction of sp³-hybridized carbons (Fsp3) is 0.500. The Morgan fingerprint density at radius 3 is 1.62 bits per heavy atom. The smallest absolute Gasteiger partial charge is 0.444 e. The van der Waals surface area contributed by atoms with Crippen LogP contribution in [0.4, 0.5) is 41.4 Å². The maximum atomic E-state index is 15.4. The Labute approximate surface area is 538 Å². The van der Waals surface area contributed by atoms with Crippen LogP contribution in [0.3, 0.4) is 0 Å². The first-order chi connectivity index (χ1) is 44.3. The van der Waals surface area contributed by atoms with E-state index >= 15 is 4.39 Å². The van der Waals surface area contributed by atoms with Crippen LogP contribution < -0.4 is 40.5 Å². The molecule has 2 aromatic carbocycles. The molecule has 2 unspecified atom stereocenters.